The largest absolute Gasteiger partial charge is 0.312 e. The van der Waals surface area contributed by atoms with Crippen molar-refractivity contribution in [1.29, 1.82) is 0 Å². The SMILES string of the molecule is C=C(C)C(NC)C(C)(C)N1CCCC1. The molecular weight excluding hydrogens is 172 g/mol. The summed E-state index contributed by atoms with van der Waals surface area (Å²) < 4.78 is 0. The topological polar surface area (TPSA) is 15.3 Å². The van der Waals surface area contributed by atoms with Crippen LogP contribution in [-0.2, 0) is 0 Å². The molecule has 0 aromatic carbocycles. The maximum Gasteiger partial charge on any atom is 0.0453 e. The average Bonchev–Trinajstić information content (AvgIpc) is 2.55. The average molecular weight is 196 g/mol. The second-order valence-corrected chi connectivity index (χ2v) is 4.92. The molecule has 0 amide bonds. The zero-order valence-corrected chi connectivity index (χ0v) is 10.1. The highest BCUT2D eigenvalue weighted by molar-refractivity contribution is 5.12. The van der Waals surface area contributed by atoms with Crippen LogP contribution >= 0.6 is 0 Å². The van der Waals surface area contributed by atoms with Crippen LogP contribution in [0.15, 0.2) is 12.2 Å². The van der Waals surface area contributed by atoms with E-state index in [-0.39, 0.29) is 5.54 Å². The van der Waals surface area contributed by atoms with Gasteiger partial charge in [-0.05, 0) is 53.8 Å². The lowest BCUT2D eigenvalue weighted by molar-refractivity contribution is 0.124. The summed E-state index contributed by atoms with van der Waals surface area (Å²) in [5, 5.41) is 3.38. The molecule has 14 heavy (non-hydrogen) atoms. The van der Waals surface area contributed by atoms with Crippen LogP contribution in [0.1, 0.15) is 33.6 Å². The quantitative estimate of drug-likeness (QED) is 0.692. The first kappa shape index (κ1) is 11.7. The predicted molar refractivity (Wildman–Crippen MR) is 62.5 cm³/mol. The van der Waals surface area contributed by atoms with Gasteiger partial charge in [-0.1, -0.05) is 12.2 Å². The minimum atomic E-state index is 0.192. The van der Waals surface area contributed by atoms with Gasteiger partial charge in [-0.25, -0.2) is 0 Å². The van der Waals surface area contributed by atoms with E-state index in [9.17, 15) is 0 Å². The molecule has 1 fully saturated rings. The summed E-state index contributed by atoms with van der Waals surface area (Å²) in [5.74, 6) is 0. The molecular formula is C12H24N2. The third-order valence-corrected chi connectivity index (χ3v) is 3.41. The highest BCUT2D eigenvalue weighted by Crippen LogP contribution is 2.26. The molecule has 2 heteroatoms. The van der Waals surface area contributed by atoms with Gasteiger partial charge in [-0.3, -0.25) is 4.90 Å². The van der Waals surface area contributed by atoms with Gasteiger partial charge in [0.1, 0.15) is 0 Å². The predicted octanol–water partition coefficient (Wildman–Crippen LogP) is 2.02. The highest BCUT2D eigenvalue weighted by Gasteiger charge is 2.36. The van der Waals surface area contributed by atoms with Gasteiger partial charge in [0.05, 0.1) is 0 Å². The molecule has 1 saturated heterocycles. The zero-order valence-electron chi connectivity index (χ0n) is 10.1. The summed E-state index contributed by atoms with van der Waals surface area (Å²) in [6, 6.07) is 0.389. The second kappa shape index (κ2) is 4.45. The van der Waals surface area contributed by atoms with Gasteiger partial charge in [-0.15, -0.1) is 0 Å². The summed E-state index contributed by atoms with van der Waals surface area (Å²) >= 11 is 0. The van der Waals surface area contributed by atoms with Crippen LogP contribution in [0.5, 0.6) is 0 Å². The van der Waals surface area contributed by atoms with Crippen LogP contribution < -0.4 is 5.32 Å². The molecule has 0 spiro atoms. The minimum Gasteiger partial charge on any atom is -0.312 e. The molecule has 0 aromatic rings. The first-order valence-corrected chi connectivity index (χ1v) is 5.58. The van der Waals surface area contributed by atoms with E-state index in [0.29, 0.717) is 6.04 Å². The molecule has 1 unspecified atom stereocenters. The van der Waals surface area contributed by atoms with Crippen molar-refractivity contribution >= 4 is 0 Å². The Morgan fingerprint density at radius 2 is 1.86 bits per heavy atom. The Balaban J connectivity index is 2.74. The minimum absolute atomic E-state index is 0.192. The molecule has 2 nitrogen and oxygen atoms in total. The smallest absolute Gasteiger partial charge is 0.0453 e. The van der Waals surface area contributed by atoms with Gasteiger partial charge in [0.15, 0.2) is 0 Å². The van der Waals surface area contributed by atoms with Crippen LogP contribution in [-0.4, -0.2) is 36.6 Å². The van der Waals surface area contributed by atoms with E-state index in [2.05, 4.69) is 37.6 Å². The number of hydrogen-bond donors (Lipinski definition) is 1. The van der Waals surface area contributed by atoms with E-state index >= 15 is 0 Å². The van der Waals surface area contributed by atoms with Gasteiger partial charge in [0, 0.05) is 11.6 Å². The van der Waals surface area contributed by atoms with E-state index in [0.717, 1.165) is 0 Å². The number of likely N-dealkylation sites (tertiary alicyclic amines) is 1. The second-order valence-electron chi connectivity index (χ2n) is 4.92. The fraction of sp³-hybridized carbons (Fsp3) is 0.833. The maximum atomic E-state index is 4.07. The summed E-state index contributed by atoms with van der Waals surface area (Å²) in [6.45, 7) is 13.3. The maximum absolute atomic E-state index is 4.07. The molecule has 0 aliphatic carbocycles. The molecule has 0 radical (unpaired) electrons. The van der Waals surface area contributed by atoms with Crippen LogP contribution in [0.4, 0.5) is 0 Å². The lowest BCUT2D eigenvalue weighted by atomic mass is 9.88. The van der Waals surface area contributed by atoms with Crippen molar-refractivity contribution in [3.63, 3.8) is 0 Å². The first-order valence-electron chi connectivity index (χ1n) is 5.58. The van der Waals surface area contributed by atoms with E-state index in [1.54, 1.807) is 0 Å². The number of nitrogens with one attached hydrogen (secondary N) is 1. The van der Waals surface area contributed by atoms with Crippen LogP contribution in [0.2, 0.25) is 0 Å². The van der Waals surface area contributed by atoms with Crippen LogP contribution in [0.25, 0.3) is 0 Å². The number of nitrogens with zero attached hydrogens (tertiary/aromatic N) is 1. The zero-order chi connectivity index (χ0) is 10.8. The number of likely N-dealkylation sites (N-methyl/N-ethyl adjacent to an activating group) is 1. The van der Waals surface area contributed by atoms with Gasteiger partial charge >= 0.3 is 0 Å². The van der Waals surface area contributed by atoms with Crippen molar-refractivity contribution in [1.82, 2.24) is 10.2 Å². The van der Waals surface area contributed by atoms with E-state index in [1.165, 1.54) is 31.5 Å². The fourth-order valence-corrected chi connectivity index (χ4v) is 2.68. The molecule has 0 saturated carbocycles. The molecule has 1 heterocycles. The standard InChI is InChI=1S/C12H24N2/c1-10(2)11(13-5)12(3,4)14-8-6-7-9-14/h11,13H,1,6-9H2,2-5H3. The molecule has 1 aliphatic heterocycles. The summed E-state index contributed by atoms with van der Waals surface area (Å²) in [5.41, 5.74) is 1.42. The highest BCUT2D eigenvalue weighted by atomic mass is 15.2. The Morgan fingerprint density at radius 3 is 2.21 bits per heavy atom. The van der Waals surface area contributed by atoms with Crippen molar-refractivity contribution in [2.75, 3.05) is 20.1 Å². The van der Waals surface area contributed by atoms with Gasteiger partial charge in [-0.2, -0.15) is 0 Å². The van der Waals surface area contributed by atoms with Crippen LogP contribution in [0, 0.1) is 0 Å². The van der Waals surface area contributed by atoms with Gasteiger partial charge < -0.3 is 5.32 Å². The molecule has 1 rings (SSSR count). The Hall–Kier alpha value is -0.340. The molecule has 1 aliphatic rings. The van der Waals surface area contributed by atoms with E-state index in [4.69, 9.17) is 0 Å². The Morgan fingerprint density at radius 1 is 1.36 bits per heavy atom. The van der Waals surface area contributed by atoms with Crippen molar-refractivity contribution in [3.05, 3.63) is 12.2 Å². The summed E-state index contributed by atoms with van der Waals surface area (Å²) in [6.07, 6.45) is 2.69. The molecule has 0 bridgehead atoms. The van der Waals surface area contributed by atoms with E-state index in [1.807, 2.05) is 7.05 Å². The third kappa shape index (κ3) is 2.18. The normalized spacial score (nSPS) is 21.1. The van der Waals surface area contributed by atoms with Crippen molar-refractivity contribution in [2.45, 2.75) is 45.2 Å². The van der Waals surface area contributed by atoms with Gasteiger partial charge in [0.2, 0.25) is 0 Å². The fourth-order valence-electron chi connectivity index (χ4n) is 2.68. The van der Waals surface area contributed by atoms with Crippen LogP contribution in [0.3, 0.4) is 0 Å². The summed E-state index contributed by atoms with van der Waals surface area (Å²) in [4.78, 5) is 2.57. The monoisotopic (exact) mass is 196 g/mol. The van der Waals surface area contributed by atoms with Gasteiger partial charge in [0.25, 0.3) is 0 Å². The lowest BCUT2D eigenvalue weighted by Crippen LogP contribution is -2.56. The Bertz CT molecular complexity index is 202. The molecule has 0 aromatic heterocycles. The molecule has 1 N–H and O–H groups in total. The third-order valence-electron chi connectivity index (χ3n) is 3.41. The summed E-state index contributed by atoms with van der Waals surface area (Å²) in [7, 11) is 2.02. The Labute approximate surface area is 88.4 Å². The van der Waals surface area contributed by atoms with Crippen molar-refractivity contribution in [2.24, 2.45) is 0 Å². The first-order chi connectivity index (χ1) is 6.50. The van der Waals surface area contributed by atoms with Crippen molar-refractivity contribution in [3.8, 4) is 0 Å². The number of hydrogen-bond acceptors (Lipinski definition) is 2. The number of rotatable bonds is 4. The van der Waals surface area contributed by atoms with E-state index < -0.39 is 0 Å². The molecule has 1 atom stereocenters. The molecule has 82 valence electrons. The lowest BCUT2D eigenvalue weighted by Gasteiger charge is -2.42. The van der Waals surface area contributed by atoms with Crippen molar-refractivity contribution < 1.29 is 0 Å². The Kier molecular flexibility index (Phi) is 3.73.